The zero-order chi connectivity index (χ0) is 10.2. The minimum Gasteiger partial charge on any atom is -0.480 e. The van der Waals surface area contributed by atoms with Crippen molar-refractivity contribution in [1.82, 2.24) is 10.2 Å². The predicted molar refractivity (Wildman–Crippen MR) is 53.2 cm³/mol. The first kappa shape index (κ1) is 9.93. The van der Waals surface area contributed by atoms with E-state index in [1.54, 1.807) is 0 Å². The first-order valence-corrected chi connectivity index (χ1v) is 5.26. The number of carbonyl (C=O) groups is 1. The Morgan fingerprint density at radius 3 is 2.64 bits per heavy atom. The van der Waals surface area contributed by atoms with E-state index < -0.39 is 5.97 Å². The molecule has 0 amide bonds. The quantitative estimate of drug-likeness (QED) is 0.629. The van der Waals surface area contributed by atoms with Gasteiger partial charge in [0.25, 0.3) is 0 Å². The number of carboxylic acid groups (broad SMARTS) is 1. The number of aliphatic carboxylic acids is 1. The molecule has 1 atom stereocenters. The number of carboxylic acids is 1. The molecule has 80 valence electrons. The fraction of sp³-hybridized carbons (Fsp3) is 0.900. The van der Waals surface area contributed by atoms with Crippen molar-refractivity contribution in [2.45, 2.75) is 25.3 Å². The molecule has 4 heteroatoms. The summed E-state index contributed by atoms with van der Waals surface area (Å²) < 4.78 is 0. The van der Waals surface area contributed by atoms with Crippen LogP contribution in [0.4, 0.5) is 0 Å². The summed E-state index contributed by atoms with van der Waals surface area (Å²) in [6.45, 7) is 3.10. The first-order valence-electron chi connectivity index (χ1n) is 5.26. The van der Waals surface area contributed by atoms with Crippen LogP contribution in [0.15, 0.2) is 0 Å². The number of piperidine rings is 1. The van der Waals surface area contributed by atoms with Crippen LogP contribution in [0.5, 0.6) is 0 Å². The van der Waals surface area contributed by atoms with E-state index in [9.17, 15) is 4.79 Å². The third-order valence-electron chi connectivity index (χ3n) is 3.71. The van der Waals surface area contributed by atoms with E-state index in [1.807, 2.05) is 0 Å². The monoisotopic (exact) mass is 198 g/mol. The highest BCUT2D eigenvalue weighted by Gasteiger charge is 2.42. The molecule has 2 N–H and O–H groups in total. The van der Waals surface area contributed by atoms with Crippen molar-refractivity contribution in [2.24, 2.45) is 5.41 Å². The molecule has 0 aromatic carbocycles. The van der Waals surface area contributed by atoms with E-state index in [1.165, 1.54) is 0 Å². The predicted octanol–water partition coefficient (Wildman–Crippen LogP) is 0.145. The minimum absolute atomic E-state index is 0.273. The fourth-order valence-electron chi connectivity index (χ4n) is 2.57. The normalized spacial score (nSPS) is 32.2. The molecule has 4 nitrogen and oxygen atoms in total. The van der Waals surface area contributed by atoms with Crippen molar-refractivity contribution in [3.05, 3.63) is 0 Å². The molecule has 0 aromatic rings. The van der Waals surface area contributed by atoms with Crippen molar-refractivity contribution < 1.29 is 9.90 Å². The molecule has 1 spiro atoms. The maximum atomic E-state index is 10.8. The lowest BCUT2D eigenvalue weighted by atomic mass is 9.77. The van der Waals surface area contributed by atoms with Crippen LogP contribution in [0.3, 0.4) is 0 Å². The molecule has 1 unspecified atom stereocenters. The largest absolute Gasteiger partial charge is 0.480 e. The molecule has 2 aliphatic heterocycles. The standard InChI is InChI=1S/C10H18N2O2/c1-12-4-2-10(3-5-12)6-8(9(13)14)11-7-10/h8,11H,2-7H2,1H3,(H,13,14). The van der Waals surface area contributed by atoms with Gasteiger partial charge in [-0.1, -0.05) is 0 Å². The molecule has 2 aliphatic rings. The van der Waals surface area contributed by atoms with E-state index >= 15 is 0 Å². The highest BCUT2D eigenvalue weighted by molar-refractivity contribution is 5.74. The molecule has 2 heterocycles. The van der Waals surface area contributed by atoms with Crippen LogP contribution in [0.1, 0.15) is 19.3 Å². The van der Waals surface area contributed by atoms with E-state index in [4.69, 9.17) is 5.11 Å². The Bertz CT molecular complexity index is 234. The summed E-state index contributed by atoms with van der Waals surface area (Å²) in [4.78, 5) is 13.1. The Kier molecular flexibility index (Phi) is 2.49. The summed E-state index contributed by atoms with van der Waals surface area (Å²) in [6.07, 6.45) is 3.09. The fourth-order valence-corrected chi connectivity index (χ4v) is 2.57. The zero-order valence-corrected chi connectivity index (χ0v) is 8.62. The second-order valence-corrected chi connectivity index (χ2v) is 4.78. The van der Waals surface area contributed by atoms with Gasteiger partial charge in [0.05, 0.1) is 0 Å². The molecular formula is C10H18N2O2. The van der Waals surface area contributed by atoms with E-state index in [0.717, 1.165) is 38.9 Å². The van der Waals surface area contributed by atoms with Crippen LogP contribution in [0.2, 0.25) is 0 Å². The van der Waals surface area contributed by atoms with E-state index in [-0.39, 0.29) is 11.5 Å². The summed E-state index contributed by atoms with van der Waals surface area (Å²) in [5.41, 5.74) is 0.273. The molecule has 14 heavy (non-hydrogen) atoms. The van der Waals surface area contributed by atoms with E-state index in [0.29, 0.717) is 0 Å². The number of rotatable bonds is 1. The molecule has 0 radical (unpaired) electrons. The highest BCUT2D eigenvalue weighted by Crippen LogP contribution is 2.38. The highest BCUT2D eigenvalue weighted by atomic mass is 16.4. The summed E-state index contributed by atoms with van der Waals surface area (Å²) >= 11 is 0. The molecule has 0 saturated carbocycles. The molecule has 2 rings (SSSR count). The topological polar surface area (TPSA) is 52.6 Å². The number of nitrogens with zero attached hydrogens (tertiary/aromatic N) is 1. The van der Waals surface area contributed by atoms with Crippen LogP contribution < -0.4 is 5.32 Å². The first-order chi connectivity index (χ1) is 6.61. The maximum absolute atomic E-state index is 10.8. The van der Waals surface area contributed by atoms with Gasteiger partial charge in [0.2, 0.25) is 0 Å². The van der Waals surface area contributed by atoms with Crippen molar-refractivity contribution in [1.29, 1.82) is 0 Å². The van der Waals surface area contributed by atoms with Gasteiger partial charge in [-0.2, -0.15) is 0 Å². The SMILES string of the molecule is CN1CCC2(CC1)CNC(C(=O)O)C2. The second kappa shape index (κ2) is 3.51. The van der Waals surface area contributed by atoms with Gasteiger partial charge in [0, 0.05) is 6.54 Å². The lowest BCUT2D eigenvalue weighted by Gasteiger charge is -2.37. The molecular weight excluding hydrogens is 180 g/mol. The maximum Gasteiger partial charge on any atom is 0.320 e. The Balaban J connectivity index is 1.96. The lowest BCUT2D eigenvalue weighted by molar-refractivity contribution is -0.139. The van der Waals surface area contributed by atoms with Gasteiger partial charge in [-0.3, -0.25) is 4.79 Å². The third-order valence-corrected chi connectivity index (χ3v) is 3.71. The second-order valence-electron chi connectivity index (χ2n) is 4.78. The van der Waals surface area contributed by atoms with Crippen molar-refractivity contribution in [3.8, 4) is 0 Å². The lowest BCUT2D eigenvalue weighted by Crippen LogP contribution is -2.39. The van der Waals surface area contributed by atoms with Gasteiger partial charge in [-0.05, 0) is 44.8 Å². The Morgan fingerprint density at radius 2 is 2.14 bits per heavy atom. The average Bonchev–Trinajstić information content (AvgIpc) is 2.56. The van der Waals surface area contributed by atoms with Gasteiger partial charge in [0.1, 0.15) is 6.04 Å². The number of nitrogens with one attached hydrogen (secondary N) is 1. The molecule has 2 fully saturated rings. The Labute approximate surface area is 84.3 Å². The summed E-state index contributed by atoms with van der Waals surface area (Å²) in [5.74, 6) is -0.694. The number of hydrogen-bond acceptors (Lipinski definition) is 3. The smallest absolute Gasteiger partial charge is 0.320 e. The van der Waals surface area contributed by atoms with Crippen molar-refractivity contribution in [3.63, 3.8) is 0 Å². The third kappa shape index (κ3) is 1.77. The number of hydrogen-bond donors (Lipinski definition) is 2. The van der Waals surface area contributed by atoms with Gasteiger partial charge >= 0.3 is 5.97 Å². The van der Waals surface area contributed by atoms with Crippen molar-refractivity contribution >= 4 is 5.97 Å². The van der Waals surface area contributed by atoms with Gasteiger partial charge < -0.3 is 15.3 Å². The number of likely N-dealkylation sites (tertiary alicyclic amines) is 1. The molecule has 0 aromatic heterocycles. The van der Waals surface area contributed by atoms with E-state index in [2.05, 4.69) is 17.3 Å². The van der Waals surface area contributed by atoms with Crippen LogP contribution >= 0.6 is 0 Å². The van der Waals surface area contributed by atoms with Crippen molar-refractivity contribution in [2.75, 3.05) is 26.7 Å². The van der Waals surface area contributed by atoms with Crippen LogP contribution in [-0.2, 0) is 4.79 Å². The summed E-state index contributed by atoms with van der Waals surface area (Å²) in [5, 5.41) is 12.0. The van der Waals surface area contributed by atoms with Gasteiger partial charge in [-0.15, -0.1) is 0 Å². The minimum atomic E-state index is -0.694. The zero-order valence-electron chi connectivity index (χ0n) is 8.62. The summed E-state index contributed by atoms with van der Waals surface area (Å²) in [6, 6.07) is -0.307. The summed E-state index contributed by atoms with van der Waals surface area (Å²) in [7, 11) is 2.13. The van der Waals surface area contributed by atoms with Crippen LogP contribution in [-0.4, -0.2) is 48.7 Å². The van der Waals surface area contributed by atoms with Crippen LogP contribution in [0, 0.1) is 5.41 Å². The van der Waals surface area contributed by atoms with Gasteiger partial charge in [0.15, 0.2) is 0 Å². The van der Waals surface area contributed by atoms with Crippen LogP contribution in [0.25, 0.3) is 0 Å². The van der Waals surface area contributed by atoms with Gasteiger partial charge in [-0.25, -0.2) is 0 Å². The average molecular weight is 198 g/mol. The molecule has 2 saturated heterocycles. The molecule has 0 bridgehead atoms. The Morgan fingerprint density at radius 1 is 1.50 bits per heavy atom. The molecule has 0 aliphatic carbocycles. The Hall–Kier alpha value is -0.610.